The van der Waals surface area contributed by atoms with Crippen LogP contribution in [0.1, 0.15) is 24.2 Å². The molecule has 22 heavy (non-hydrogen) atoms. The first kappa shape index (κ1) is 15.9. The Morgan fingerprint density at radius 3 is 2.32 bits per heavy atom. The van der Waals surface area contributed by atoms with E-state index in [-0.39, 0.29) is 6.03 Å². The molecule has 0 spiro atoms. The van der Waals surface area contributed by atoms with Crippen molar-refractivity contribution in [1.29, 1.82) is 0 Å². The van der Waals surface area contributed by atoms with Crippen LogP contribution in [0.3, 0.4) is 0 Å². The highest BCUT2D eigenvalue weighted by Gasteiger charge is 2.03. The number of urea groups is 1. The Labute approximate surface area is 129 Å². The van der Waals surface area contributed by atoms with Crippen molar-refractivity contribution >= 4 is 11.7 Å². The number of carbonyl (C=O) groups is 1. The van der Waals surface area contributed by atoms with Crippen LogP contribution in [0.2, 0.25) is 0 Å². The molecule has 3 N–H and O–H groups in total. The molecule has 0 fully saturated rings. The average Bonchev–Trinajstić information content (AvgIpc) is 2.54. The Morgan fingerprint density at radius 2 is 1.77 bits per heavy atom. The number of ether oxygens (including phenoxy) is 1. The molecule has 0 bridgehead atoms. The van der Waals surface area contributed by atoms with E-state index >= 15 is 0 Å². The lowest BCUT2D eigenvalue weighted by atomic mass is 10.1. The van der Waals surface area contributed by atoms with Crippen molar-refractivity contribution in [2.24, 2.45) is 0 Å². The van der Waals surface area contributed by atoms with Crippen molar-refractivity contribution in [3.63, 3.8) is 0 Å². The first-order valence-electron chi connectivity index (χ1n) is 7.04. The van der Waals surface area contributed by atoms with Gasteiger partial charge in [0.05, 0.1) is 13.2 Å². The molecule has 2 rings (SSSR count). The van der Waals surface area contributed by atoms with Crippen molar-refractivity contribution in [3.8, 4) is 5.75 Å². The maximum absolute atomic E-state index is 11.8. The summed E-state index contributed by atoms with van der Waals surface area (Å²) in [6, 6.07) is 14.3. The zero-order valence-corrected chi connectivity index (χ0v) is 12.7. The number of methoxy groups -OCH3 is 1. The number of carbonyl (C=O) groups excluding carboxylic acids is 1. The lowest BCUT2D eigenvalue weighted by Gasteiger charge is -2.09. The zero-order valence-electron chi connectivity index (χ0n) is 12.7. The summed E-state index contributed by atoms with van der Waals surface area (Å²) in [4.78, 5) is 11.8. The van der Waals surface area contributed by atoms with Crippen molar-refractivity contribution in [1.82, 2.24) is 5.32 Å². The summed E-state index contributed by atoms with van der Waals surface area (Å²) < 4.78 is 5.06. The maximum atomic E-state index is 11.8. The van der Waals surface area contributed by atoms with E-state index in [1.54, 1.807) is 38.3 Å². The second-order valence-corrected chi connectivity index (χ2v) is 4.95. The molecule has 2 aromatic rings. The predicted molar refractivity (Wildman–Crippen MR) is 85.9 cm³/mol. The van der Waals surface area contributed by atoms with Gasteiger partial charge in [0.2, 0.25) is 0 Å². The minimum absolute atomic E-state index is 0.273. The monoisotopic (exact) mass is 300 g/mol. The number of hydrogen-bond donors (Lipinski definition) is 3. The molecule has 0 aliphatic carbocycles. The summed E-state index contributed by atoms with van der Waals surface area (Å²) >= 11 is 0. The summed E-state index contributed by atoms with van der Waals surface area (Å²) in [6.45, 7) is 2.14. The van der Waals surface area contributed by atoms with Gasteiger partial charge in [0.25, 0.3) is 0 Å². The number of benzene rings is 2. The molecule has 0 aliphatic rings. The van der Waals surface area contributed by atoms with E-state index in [9.17, 15) is 9.90 Å². The number of amides is 2. The highest BCUT2D eigenvalue weighted by atomic mass is 16.5. The maximum Gasteiger partial charge on any atom is 0.319 e. The lowest BCUT2D eigenvalue weighted by Crippen LogP contribution is -2.28. The molecule has 116 valence electrons. The molecule has 0 saturated heterocycles. The van der Waals surface area contributed by atoms with Gasteiger partial charge < -0.3 is 20.5 Å². The van der Waals surface area contributed by atoms with Gasteiger partial charge in [-0.2, -0.15) is 0 Å². The first-order chi connectivity index (χ1) is 10.6. The summed E-state index contributed by atoms with van der Waals surface area (Å²) in [5.41, 5.74) is 2.52. The number of aliphatic hydroxyl groups is 1. The summed E-state index contributed by atoms with van der Waals surface area (Å²) in [6.07, 6.45) is -0.486. The number of aliphatic hydroxyl groups excluding tert-OH is 1. The van der Waals surface area contributed by atoms with Gasteiger partial charge in [-0.15, -0.1) is 0 Å². The number of nitrogens with one attached hydrogen (secondary N) is 2. The van der Waals surface area contributed by atoms with Gasteiger partial charge >= 0.3 is 6.03 Å². The predicted octanol–water partition coefficient (Wildman–Crippen LogP) is 3.07. The van der Waals surface area contributed by atoms with Crippen LogP contribution in [0.5, 0.6) is 5.75 Å². The van der Waals surface area contributed by atoms with Crippen molar-refractivity contribution in [3.05, 3.63) is 59.7 Å². The van der Waals surface area contributed by atoms with E-state index in [1.807, 2.05) is 24.3 Å². The van der Waals surface area contributed by atoms with Gasteiger partial charge in [-0.25, -0.2) is 4.79 Å². The van der Waals surface area contributed by atoms with E-state index in [1.165, 1.54) is 0 Å². The second kappa shape index (κ2) is 7.47. The van der Waals surface area contributed by atoms with E-state index in [0.29, 0.717) is 12.2 Å². The second-order valence-electron chi connectivity index (χ2n) is 4.95. The minimum Gasteiger partial charge on any atom is -0.497 e. The molecule has 0 heterocycles. The Bertz CT molecular complexity index is 607. The van der Waals surface area contributed by atoms with E-state index in [4.69, 9.17) is 4.74 Å². The molecule has 1 atom stereocenters. The zero-order chi connectivity index (χ0) is 15.9. The van der Waals surface area contributed by atoms with E-state index in [2.05, 4.69) is 10.6 Å². The molecule has 2 aromatic carbocycles. The number of hydrogen-bond acceptors (Lipinski definition) is 3. The molecule has 0 aromatic heterocycles. The fourth-order valence-electron chi connectivity index (χ4n) is 1.95. The first-order valence-corrected chi connectivity index (χ1v) is 7.04. The fourth-order valence-corrected chi connectivity index (χ4v) is 1.95. The van der Waals surface area contributed by atoms with Gasteiger partial charge in [-0.3, -0.25) is 0 Å². The van der Waals surface area contributed by atoms with Crippen molar-refractivity contribution in [2.75, 3.05) is 12.4 Å². The van der Waals surface area contributed by atoms with Crippen LogP contribution in [0.15, 0.2) is 48.5 Å². The summed E-state index contributed by atoms with van der Waals surface area (Å²) in [5.74, 6) is 0.740. The van der Waals surface area contributed by atoms with Gasteiger partial charge in [0.15, 0.2) is 0 Å². The summed E-state index contributed by atoms with van der Waals surface area (Å²) in [7, 11) is 1.60. The molecule has 0 aliphatic heterocycles. The Kier molecular flexibility index (Phi) is 5.38. The molecule has 5 heteroatoms. The minimum atomic E-state index is -0.486. The molecular formula is C17H20N2O3. The van der Waals surface area contributed by atoms with E-state index < -0.39 is 6.10 Å². The normalized spacial score (nSPS) is 11.6. The smallest absolute Gasteiger partial charge is 0.319 e. The molecule has 0 radical (unpaired) electrons. The van der Waals surface area contributed by atoms with E-state index in [0.717, 1.165) is 16.9 Å². The quantitative estimate of drug-likeness (QED) is 0.794. The molecule has 5 nitrogen and oxygen atoms in total. The Morgan fingerprint density at radius 1 is 1.14 bits per heavy atom. The Hall–Kier alpha value is -2.53. The third-order valence-corrected chi connectivity index (χ3v) is 3.26. The van der Waals surface area contributed by atoms with Crippen LogP contribution >= 0.6 is 0 Å². The van der Waals surface area contributed by atoms with Gasteiger partial charge in [0.1, 0.15) is 5.75 Å². The van der Waals surface area contributed by atoms with Crippen LogP contribution in [-0.2, 0) is 6.54 Å². The third kappa shape index (κ3) is 4.49. The third-order valence-electron chi connectivity index (χ3n) is 3.26. The van der Waals surface area contributed by atoms with Crippen LogP contribution < -0.4 is 15.4 Å². The van der Waals surface area contributed by atoms with Crippen molar-refractivity contribution < 1.29 is 14.6 Å². The van der Waals surface area contributed by atoms with Crippen LogP contribution in [0, 0.1) is 0 Å². The number of anilines is 1. The standard InChI is InChI=1S/C17H20N2O3/c1-12(20)14-5-3-13(4-6-14)11-18-17(21)19-15-7-9-16(22-2)10-8-15/h3-10,12,20H,11H2,1-2H3,(H2,18,19,21)/t12-/m0/s1. The van der Waals surface area contributed by atoms with Gasteiger partial charge in [-0.05, 0) is 42.3 Å². The average molecular weight is 300 g/mol. The largest absolute Gasteiger partial charge is 0.497 e. The Balaban J connectivity index is 1.84. The highest BCUT2D eigenvalue weighted by Crippen LogP contribution is 2.15. The molecule has 0 saturated carbocycles. The number of rotatable bonds is 5. The van der Waals surface area contributed by atoms with Crippen LogP contribution in [-0.4, -0.2) is 18.2 Å². The fraction of sp³-hybridized carbons (Fsp3) is 0.235. The van der Waals surface area contributed by atoms with Gasteiger partial charge in [0, 0.05) is 12.2 Å². The van der Waals surface area contributed by atoms with Gasteiger partial charge in [-0.1, -0.05) is 24.3 Å². The topological polar surface area (TPSA) is 70.6 Å². The highest BCUT2D eigenvalue weighted by molar-refractivity contribution is 5.89. The molecule has 0 unspecified atom stereocenters. The van der Waals surface area contributed by atoms with Crippen molar-refractivity contribution in [2.45, 2.75) is 19.6 Å². The molecule has 2 amide bonds. The van der Waals surface area contributed by atoms with Crippen LogP contribution in [0.4, 0.5) is 10.5 Å². The summed E-state index contributed by atoms with van der Waals surface area (Å²) in [5, 5.41) is 15.0. The lowest BCUT2D eigenvalue weighted by molar-refractivity contribution is 0.199. The molecular weight excluding hydrogens is 280 g/mol. The van der Waals surface area contributed by atoms with Crippen LogP contribution in [0.25, 0.3) is 0 Å². The SMILES string of the molecule is COc1ccc(NC(=O)NCc2ccc([C@H](C)O)cc2)cc1.